The van der Waals surface area contributed by atoms with E-state index in [-0.39, 0.29) is 18.1 Å². The van der Waals surface area contributed by atoms with Gasteiger partial charge in [0.1, 0.15) is 17.7 Å². The van der Waals surface area contributed by atoms with Crippen LogP contribution in [0, 0.1) is 0 Å². The van der Waals surface area contributed by atoms with Gasteiger partial charge in [0, 0.05) is 6.54 Å². The predicted molar refractivity (Wildman–Crippen MR) is 65.3 cm³/mol. The summed E-state index contributed by atoms with van der Waals surface area (Å²) < 4.78 is 13.0. The van der Waals surface area contributed by atoms with E-state index in [1.54, 1.807) is 6.20 Å². The van der Waals surface area contributed by atoms with Crippen LogP contribution in [0.2, 0.25) is 0 Å². The maximum Gasteiger partial charge on any atom is 0.326 e. The van der Waals surface area contributed by atoms with Crippen LogP contribution in [0.25, 0.3) is 0 Å². The molecule has 1 N–H and O–H groups in total. The lowest BCUT2D eigenvalue weighted by atomic mass is 10.1. The first kappa shape index (κ1) is 12.6. The zero-order valence-electron chi connectivity index (χ0n) is 11.3. The van der Waals surface area contributed by atoms with Crippen molar-refractivity contribution < 1.29 is 14.3 Å². The molecule has 1 fully saturated rings. The third kappa shape index (κ3) is 2.23. The summed E-state index contributed by atoms with van der Waals surface area (Å²) in [5, 5.41) is 11.1. The number of hydrogen-bond acceptors (Lipinski definition) is 6. The number of fused-ring (bicyclic) bond motifs is 3. The second-order valence-electron chi connectivity index (χ2n) is 5.93. The first-order chi connectivity index (χ1) is 8.96. The van der Waals surface area contributed by atoms with E-state index >= 15 is 0 Å². The average molecular weight is 266 g/mol. The summed E-state index contributed by atoms with van der Waals surface area (Å²) in [6, 6.07) is -0.439. The molecule has 3 atom stereocenters. The SMILES string of the molecule is CC(C)(C)OC(=O)C1NCC2C1OCc1cnnn12. The third-order valence-corrected chi connectivity index (χ3v) is 3.30. The fraction of sp³-hybridized carbons (Fsp3) is 0.750. The molecule has 7 nitrogen and oxygen atoms in total. The molecule has 0 radical (unpaired) electrons. The molecule has 3 rings (SSSR count). The zero-order valence-corrected chi connectivity index (χ0v) is 11.3. The lowest BCUT2D eigenvalue weighted by molar-refractivity contribution is -0.161. The second-order valence-corrected chi connectivity index (χ2v) is 5.93. The summed E-state index contributed by atoms with van der Waals surface area (Å²) in [6.45, 7) is 6.62. The van der Waals surface area contributed by atoms with Gasteiger partial charge in [-0.3, -0.25) is 10.1 Å². The number of carbonyl (C=O) groups excluding carboxylic acids is 1. The van der Waals surface area contributed by atoms with Crippen molar-refractivity contribution in [1.82, 2.24) is 20.3 Å². The molecule has 0 bridgehead atoms. The van der Waals surface area contributed by atoms with Crippen molar-refractivity contribution in [2.75, 3.05) is 6.54 Å². The smallest absolute Gasteiger partial charge is 0.326 e. The molecule has 0 aliphatic carbocycles. The summed E-state index contributed by atoms with van der Waals surface area (Å²) in [7, 11) is 0. The van der Waals surface area contributed by atoms with Crippen LogP contribution in [0.1, 0.15) is 32.5 Å². The molecule has 2 aliphatic rings. The van der Waals surface area contributed by atoms with Crippen molar-refractivity contribution in [3.8, 4) is 0 Å². The maximum absolute atomic E-state index is 12.2. The highest BCUT2D eigenvalue weighted by molar-refractivity contribution is 5.77. The standard InChI is InChI=1S/C12H18N4O3/c1-12(2,3)19-11(17)9-10-8(5-13-9)16-7(6-18-10)4-14-15-16/h4,8-10,13H,5-6H2,1-3H3. The fourth-order valence-electron chi connectivity index (χ4n) is 2.55. The van der Waals surface area contributed by atoms with Crippen LogP contribution < -0.4 is 5.32 Å². The zero-order chi connectivity index (χ0) is 13.6. The minimum absolute atomic E-state index is 0.00349. The average Bonchev–Trinajstić information content (AvgIpc) is 2.92. The number of nitrogens with zero attached hydrogens (tertiary/aromatic N) is 3. The van der Waals surface area contributed by atoms with E-state index in [1.807, 2.05) is 25.5 Å². The minimum Gasteiger partial charge on any atom is -0.459 e. The first-order valence-corrected chi connectivity index (χ1v) is 6.42. The summed E-state index contributed by atoms with van der Waals surface area (Å²) in [5.74, 6) is -0.274. The molecular formula is C12H18N4O3. The van der Waals surface area contributed by atoms with E-state index in [4.69, 9.17) is 9.47 Å². The Morgan fingerprint density at radius 3 is 3.11 bits per heavy atom. The lowest BCUT2D eigenvalue weighted by Gasteiger charge is -2.30. The van der Waals surface area contributed by atoms with Crippen LogP contribution >= 0.6 is 0 Å². The van der Waals surface area contributed by atoms with Crippen LogP contribution in [-0.2, 0) is 20.9 Å². The van der Waals surface area contributed by atoms with Gasteiger partial charge in [0.25, 0.3) is 0 Å². The molecule has 1 saturated heterocycles. The summed E-state index contributed by atoms with van der Waals surface area (Å²) in [6.07, 6.45) is 1.45. The molecule has 19 heavy (non-hydrogen) atoms. The predicted octanol–water partition coefficient (Wildman–Crippen LogP) is 0.0315. The van der Waals surface area contributed by atoms with Gasteiger partial charge in [-0.05, 0) is 20.8 Å². The number of hydrogen-bond donors (Lipinski definition) is 1. The highest BCUT2D eigenvalue weighted by Crippen LogP contribution is 2.30. The van der Waals surface area contributed by atoms with Crippen molar-refractivity contribution in [3.63, 3.8) is 0 Å². The van der Waals surface area contributed by atoms with Crippen molar-refractivity contribution in [2.24, 2.45) is 0 Å². The number of aromatic nitrogens is 3. The first-order valence-electron chi connectivity index (χ1n) is 6.42. The molecular weight excluding hydrogens is 248 g/mol. The van der Waals surface area contributed by atoms with Gasteiger partial charge in [0.05, 0.1) is 24.5 Å². The van der Waals surface area contributed by atoms with Gasteiger partial charge in [-0.2, -0.15) is 0 Å². The van der Waals surface area contributed by atoms with Crippen LogP contribution in [0.15, 0.2) is 6.20 Å². The molecule has 3 unspecified atom stereocenters. The van der Waals surface area contributed by atoms with Gasteiger partial charge in [0.15, 0.2) is 0 Å². The number of ether oxygens (including phenoxy) is 2. The Morgan fingerprint density at radius 1 is 1.58 bits per heavy atom. The van der Waals surface area contributed by atoms with Gasteiger partial charge in [-0.25, -0.2) is 4.68 Å². The van der Waals surface area contributed by atoms with Crippen molar-refractivity contribution >= 4 is 5.97 Å². The molecule has 104 valence electrons. The van der Waals surface area contributed by atoms with E-state index in [0.29, 0.717) is 13.2 Å². The van der Waals surface area contributed by atoms with Crippen LogP contribution in [0.5, 0.6) is 0 Å². The number of nitrogens with one attached hydrogen (secondary N) is 1. The van der Waals surface area contributed by atoms with Crippen LogP contribution in [0.4, 0.5) is 0 Å². The molecule has 1 aromatic heterocycles. The second kappa shape index (κ2) is 4.28. The van der Waals surface area contributed by atoms with Gasteiger partial charge >= 0.3 is 5.97 Å². The van der Waals surface area contributed by atoms with E-state index in [1.165, 1.54) is 0 Å². The minimum atomic E-state index is -0.496. The number of rotatable bonds is 1. The largest absolute Gasteiger partial charge is 0.459 e. The summed E-state index contributed by atoms with van der Waals surface area (Å²) in [5.41, 5.74) is 0.442. The van der Waals surface area contributed by atoms with E-state index in [2.05, 4.69) is 15.6 Å². The molecule has 2 aliphatic heterocycles. The van der Waals surface area contributed by atoms with Crippen LogP contribution in [0.3, 0.4) is 0 Å². The van der Waals surface area contributed by atoms with Gasteiger partial charge in [0.2, 0.25) is 0 Å². The Hall–Kier alpha value is -1.47. The monoisotopic (exact) mass is 266 g/mol. The lowest BCUT2D eigenvalue weighted by Crippen LogP contribution is -2.46. The van der Waals surface area contributed by atoms with Crippen molar-refractivity contribution in [1.29, 1.82) is 0 Å². The molecule has 1 aromatic rings. The van der Waals surface area contributed by atoms with Crippen LogP contribution in [-0.4, -0.2) is 45.3 Å². The van der Waals surface area contributed by atoms with E-state index in [0.717, 1.165) is 5.69 Å². The summed E-state index contributed by atoms with van der Waals surface area (Å²) >= 11 is 0. The Labute approximate surface area is 111 Å². The Kier molecular flexibility index (Phi) is 2.83. The Balaban J connectivity index is 1.77. The van der Waals surface area contributed by atoms with Gasteiger partial charge < -0.3 is 9.47 Å². The Bertz CT molecular complexity index is 493. The highest BCUT2D eigenvalue weighted by atomic mass is 16.6. The van der Waals surface area contributed by atoms with Crippen molar-refractivity contribution in [2.45, 2.75) is 51.2 Å². The summed E-state index contributed by atoms with van der Waals surface area (Å²) in [4.78, 5) is 12.2. The number of esters is 1. The molecule has 0 aromatic carbocycles. The highest BCUT2D eigenvalue weighted by Gasteiger charge is 2.46. The Morgan fingerprint density at radius 2 is 2.37 bits per heavy atom. The molecule has 3 heterocycles. The third-order valence-electron chi connectivity index (χ3n) is 3.30. The molecule has 7 heteroatoms. The van der Waals surface area contributed by atoms with Crippen molar-refractivity contribution in [3.05, 3.63) is 11.9 Å². The topological polar surface area (TPSA) is 78.3 Å². The van der Waals surface area contributed by atoms with E-state index < -0.39 is 11.6 Å². The molecule has 0 saturated carbocycles. The molecule has 0 spiro atoms. The van der Waals surface area contributed by atoms with Gasteiger partial charge in [-0.1, -0.05) is 5.21 Å². The maximum atomic E-state index is 12.2. The quantitative estimate of drug-likeness (QED) is 0.723. The van der Waals surface area contributed by atoms with E-state index in [9.17, 15) is 4.79 Å². The normalized spacial score (nSPS) is 29.7. The number of carbonyl (C=O) groups is 1. The van der Waals surface area contributed by atoms with Gasteiger partial charge in [-0.15, -0.1) is 5.10 Å². The molecule has 0 amide bonds. The fourth-order valence-corrected chi connectivity index (χ4v) is 2.55.